The van der Waals surface area contributed by atoms with E-state index in [0.29, 0.717) is 6.10 Å². The maximum absolute atomic E-state index is 6.13. The van der Waals surface area contributed by atoms with Crippen molar-refractivity contribution in [3.63, 3.8) is 0 Å². The normalized spacial score (nSPS) is 27.6. The lowest BCUT2D eigenvalue weighted by Crippen LogP contribution is -2.28. The van der Waals surface area contributed by atoms with E-state index in [-0.39, 0.29) is 0 Å². The van der Waals surface area contributed by atoms with Gasteiger partial charge in [-0.1, -0.05) is 13.3 Å². The summed E-state index contributed by atoms with van der Waals surface area (Å²) in [6, 6.07) is 0. The summed E-state index contributed by atoms with van der Waals surface area (Å²) in [5.41, 5.74) is 2.32. The summed E-state index contributed by atoms with van der Waals surface area (Å²) in [7, 11) is 0. The predicted molar refractivity (Wildman–Crippen MR) is 69.5 cm³/mol. The Labute approximate surface area is 108 Å². The molecule has 2 unspecified atom stereocenters. The Morgan fingerprint density at radius 2 is 2.28 bits per heavy atom. The zero-order valence-corrected chi connectivity index (χ0v) is 11.0. The van der Waals surface area contributed by atoms with Crippen molar-refractivity contribution in [1.29, 1.82) is 0 Å². The Kier molecular flexibility index (Phi) is 3.46. The minimum absolute atomic E-state index is 0.342. The number of hydrogen-bond donors (Lipinski definition) is 1. The fourth-order valence-corrected chi connectivity index (χ4v) is 2.99. The van der Waals surface area contributed by atoms with Crippen LogP contribution in [0, 0.1) is 5.92 Å². The van der Waals surface area contributed by atoms with Gasteiger partial charge < -0.3 is 10.1 Å². The molecule has 2 aliphatic rings. The van der Waals surface area contributed by atoms with E-state index in [1.54, 1.807) is 6.33 Å². The number of rotatable bonds is 2. The van der Waals surface area contributed by atoms with Gasteiger partial charge in [0.25, 0.3) is 0 Å². The highest BCUT2D eigenvalue weighted by Crippen LogP contribution is 2.29. The first-order valence-corrected chi connectivity index (χ1v) is 7.03. The molecule has 4 heteroatoms. The molecule has 0 spiro atoms. The molecule has 1 saturated carbocycles. The molecule has 4 nitrogen and oxygen atoms in total. The number of ether oxygens (including phenoxy) is 1. The van der Waals surface area contributed by atoms with E-state index in [0.717, 1.165) is 49.8 Å². The van der Waals surface area contributed by atoms with Gasteiger partial charge in [0.15, 0.2) is 0 Å². The van der Waals surface area contributed by atoms with Crippen molar-refractivity contribution in [1.82, 2.24) is 15.3 Å². The lowest BCUT2D eigenvalue weighted by Gasteiger charge is -2.28. The largest absolute Gasteiger partial charge is 0.474 e. The van der Waals surface area contributed by atoms with Crippen LogP contribution in [-0.2, 0) is 13.0 Å². The third-order valence-electron chi connectivity index (χ3n) is 4.00. The van der Waals surface area contributed by atoms with E-state index in [2.05, 4.69) is 22.2 Å². The summed E-state index contributed by atoms with van der Waals surface area (Å²) in [5.74, 6) is 1.59. The Morgan fingerprint density at radius 3 is 3.17 bits per heavy atom. The highest BCUT2D eigenvalue weighted by atomic mass is 16.5. The third-order valence-corrected chi connectivity index (χ3v) is 4.00. The summed E-state index contributed by atoms with van der Waals surface area (Å²) in [4.78, 5) is 8.69. The topological polar surface area (TPSA) is 47.0 Å². The minimum atomic E-state index is 0.342. The fraction of sp³-hybridized carbons (Fsp3) is 0.714. The second kappa shape index (κ2) is 5.22. The highest BCUT2D eigenvalue weighted by molar-refractivity contribution is 5.31. The van der Waals surface area contributed by atoms with Crippen molar-refractivity contribution in [3.05, 3.63) is 17.6 Å². The Morgan fingerprint density at radius 1 is 1.33 bits per heavy atom. The average Bonchev–Trinajstić information content (AvgIpc) is 2.39. The van der Waals surface area contributed by atoms with E-state index in [1.807, 2.05) is 0 Å². The molecule has 1 N–H and O–H groups in total. The fourth-order valence-electron chi connectivity index (χ4n) is 2.99. The smallest absolute Gasteiger partial charge is 0.221 e. The summed E-state index contributed by atoms with van der Waals surface area (Å²) in [6.45, 7) is 4.16. The minimum Gasteiger partial charge on any atom is -0.474 e. The van der Waals surface area contributed by atoms with Crippen LogP contribution in [-0.4, -0.2) is 22.6 Å². The molecule has 1 fully saturated rings. The lowest BCUT2D eigenvalue weighted by atomic mass is 9.89. The maximum atomic E-state index is 6.13. The van der Waals surface area contributed by atoms with Crippen LogP contribution in [0.2, 0.25) is 0 Å². The van der Waals surface area contributed by atoms with Gasteiger partial charge in [-0.3, -0.25) is 0 Å². The number of hydrogen-bond acceptors (Lipinski definition) is 4. The predicted octanol–water partition coefficient (Wildman–Crippen LogP) is 2.08. The SMILES string of the molecule is CC1CCCC(Oc2ncnc3c2CNCC3)C1. The molecule has 18 heavy (non-hydrogen) atoms. The third kappa shape index (κ3) is 2.48. The standard InChI is InChI=1S/C14H21N3O/c1-10-3-2-4-11(7-10)18-14-12-8-15-6-5-13(12)16-9-17-14/h9-11,15H,2-8H2,1H3. The second-order valence-electron chi connectivity index (χ2n) is 5.54. The molecule has 2 atom stereocenters. The van der Waals surface area contributed by atoms with Crippen LogP contribution in [0.1, 0.15) is 43.9 Å². The number of nitrogens with one attached hydrogen (secondary N) is 1. The van der Waals surface area contributed by atoms with Gasteiger partial charge in [0, 0.05) is 25.1 Å². The van der Waals surface area contributed by atoms with Crippen molar-refractivity contribution < 1.29 is 4.74 Å². The van der Waals surface area contributed by atoms with Crippen LogP contribution in [0.25, 0.3) is 0 Å². The molecule has 0 saturated heterocycles. The lowest BCUT2D eigenvalue weighted by molar-refractivity contribution is 0.122. The van der Waals surface area contributed by atoms with Gasteiger partial charge >= 0.3 is 0 Å². The Balaban J connectivity index is 1.76. The summed E-state index contributed by atoms with van der Waals surface area (Å²) in [5, 5.41) is 3.37. The molecule has 0 amide bonds. The highest BCUT2D eigenvalue weighted by Gasteiger charge is 2.23. The van der Waals surface area contributed by atoms with Gasteiger partial charge in [-0.05, 0) is 25.2 Å². The molecule has 1 aliphatic carbocycles. The average molecular weight is 247 g/mol. The van der Waals surface area contributed by atoms with Gasteiger partial charge in [0.05, 0.1) is 5.69 Å². The summed E-state index contributed by atoms with van der Waals surface area (Å²) >= 11 is 0. The first kappa shape index (κ1) is 11.9. The number of fused-ring (bicyclic) bond motifs is 1. The van der Waals surface area contributed by atoms with Crippen LogP contribution in [0.5, 0.6) is 5.88 Å². The zero-order chi connectivity index (χ0) is 12.4. The van der Waals surface area contributed by atoms with Crippen molar-refractivity contribution >= 4 is 0 Å². The first-order chi connectivity index (χ1) is 8.83. The zero-order valence-electron chi connectivity index (χ0n) is 11.0. The summed E-state index contributed by atoms with van der Waals surface area (Å²) < 4.78 is 6.13. The maximum Gasteiger partial charge on any atom is 0.221 e. The number of nitrogens with zero attached hydrogens (tertiary/aromatic N) is 2. The van der Waals surface area contributed by atoms with Gasteiger partial charge in [-0.2, -0.15) is 0 Å². The van der Waals surface area contributed by atoms with Crippen molar-refractivity contribution in [3.8, 4) is 5.88 Å². The second-order valence-corrected chi connectivity index (χ2v) is 5.54. The molecule has 0 radical (unpaired) electrons. The van der Waals surface area contributed by atoms with Gasteiger partial charge in [-0.15, -0.1) is 0 Å². The molecular weight excluding hydrogens is 226 g/mol. The molecule has 1 aromatic heterocycles. The van der Waals surface area contributed by atoms with Crippen molar-refractivity contribution in [2.24, 2.45) is 5.92 Å². The molecular formula is C14H21N3O. The first-order valence-electron chi connectivity index (χ1n) is 7.03. The van der Waals surface area contributed by atoms with Gasteiger partial charge in [-0.25, -0.2) is 9.97 Å². The van der Waals surface area contributed by atoms with Gasteiger partial charge in [0.1, 0.15) is 12.4 Å². The van der Waals surface area contributed by atoms with Crippen molar-refractivity contribution in [2.45, 2.75) is 51.7 Å². The molecule has 3 rings (SSSR count). The van der Waals surface area contributed by atoms with E-state index in [9.17, 15) is 0 Å². The van der Waals surface area contributed by atoms with Crippen LogP contribution in [0.3, 0.4) is 0 Å². The molecule has 1 aromatic rings. The van der Waals surface area contributed by atoms with Crippen LogP contribution in [0.15, 0.2) is 6.33 Å². The quantitative estimate of drug-likeness (QED) is 0.869. The van der Waals surface area contributed by atoms with Crippen molar-refractivity contribution in [2.75, 3.05) is 6.54 Å². The van der Waals surface area contributed by atoms with E-state index in [4.69, 9.17) is 4.74 Å². The molecule has 2 heterocycles. The summed E-state index contributed by atoms with van der Waals surface area (Å²) in [6.07, 6.45) is 7.90. The van der Waals surface area contributed by atoms with Crippen LogP contribution in [0.4, 0.5) is 0 Å². The van der Waals surface area contributed by atoms with Crippen LogP contribution < -0.4 is 10.1 Å². The van der Waals surface area contributed by atoms with E-state index in [1.165, 1.54) is 18.4 Å². The Hall–Kier alpha value is -1.16. The van der Waals surface area contributed by atoms with E-state index < -0.39 is 0 Å². The monoisotopic (exact) mass is 247 g/mol. The Bertz CT molecular complexity index is 422. The van der Waals surface area contributed by atoms with Gasteiger partial charge in [0.2, 0.25) is 5.88 Å². The van der Waals surface area contributed by atoms with Crippen LogP contribution >= 0.6 is 0 Å². The molecule has 98 valence electrons. The molecule has 0 bridgehead atoms. The number of aromatic nitrogens is 2. The molecule has 0 aromatic carbocycles. The molecule has 1 aliphatic heterocycles. The van der Waals surface area contributed by atoms with E-state index >= 15 is 0 Å².